The van der Waals surface area contributed by atoms with Crippen molar-refractivity contribution in [3.05, 3.63) is 35.9 Å². The highest BCUT2D eigenvalue weighted by Gasteiger charge is 2.20. The second-order valence-corrected chi connectivity index (χ2v) is 3.56. The van der Waals surface area contributed by atoms with Gasteiger partial charge in [-0.2, -0.15) is 5.26 Å². The lowest BCUT2D eigenvalue weighted by Gasteiger charge is -2.23. The molecule has 0 heterocycles. The molecule has 4 heteroatoms. The molecule has 1 rings (SSSR count). The maximum absolute atomic E-state index is 10.9. The minimum atomic E-state index is -0.911. The minimum Gasteiger partial charge on any atom is -0.480 e. The molecule has 1 aromatic carbocycles. The van der Waals surface area contributed by atoms with Gasteiger partial charge in [0.05, 0.1) is 12.6 Å². The van der Waals surface area contributed by atoms with Gasteiger partial charge in [0.2, 0.25) is 0 Å². The SMILES string of the molecule is CC(C(=O)O)N(CC#N)Cc1ccccc1. The van der Waals surface area contributed by atoms with E-state index >= 15 is 0 Å². The zero-order valence-corrected chi connectivity index (χ0v) is 9.13. The van der Waals surface area contributed by atoms with E-state index in [9.17, 15) is 4.79 Å². The van der Waals surface area contributed by atoms with Gasteiger partial charge in [-0.1, -0.05) is 30.3 Å². The second kappa shape index (κ2) is 5.89. The summed E-state index contributed by atoms with van der Waals surface area (Å²) in [6, 6.07) is 10.9. The van der Waals surface area contributed by atoms with Crippen LogP contribution in [-0.2, 0) is 11.3 Å². The summed E-state index contributed by atoms with van der Waals surface area (Å²) in [5.74, 6) is -0.911. The average molecular weight is 218 g/mol. The van der Waals surface area contributed by atoms with Crippen LogP contribution in [0.3, 0.4) is 0 Å². The van der Waals surface area contributed by atoms with Crippen LogP contribution in [0.1, 0.15) is 12.5 Å². The first-order valence-electron chi connectivity index (χ1n) is 5.03. The van der Waals surface area contributed by atoms with E-state index in [1.165, 1.54) is 0 Å². The standard InChI is InChI=1S/C12H14N2O2/c1-10(12(15)16)14(8-7-13)9-11-5-3-2-4-6-11/h2-6,10H,8-9H2,1H3,(H,15,16). The molecule has 0 fully saturated rings. The van der Waals surface area contributed by atoms with Crippen LogP contribution < -0.4 is 0 Å². The Bertz CT molecular complexity index is 384. The van der Waals surface area contributed by atoms with Crippen molar-refractivity contribution >= 4 is 5.97 Å². The molecule has 84 valence electrons. The summed E-state index contributed by atoms with van der Waals surface area (Å²) in [5, 5.41) is 17.6. The van der Waals surface area contributed by atoms with Gasteiger partial charge < -0.3 is 5.11 Å². The fourth-order valence-corrected chi connectivity index (χ4v) is 1.39. The highest BCUT2D eigenvalue weighted by Crippen LogP contribution is 2.07. The third-order valence-electron chi connectivity index (χ3n) is 2.41. The van der Waals surface area contributed by atoms with E-state index in [0.29, 0.717) is 6.54 Å². The number of nitriles is 1. The highest BCUT2D eigenvalue weighted by atomic mass is 16.4. The quantitative estimate of drug-likeness (QED) is 0.760. The smallest absolute Gasteiger partial charge is 0.320 e. The van der Waals surface area contributed by atoms with Gasteiger partial charge in [0.1, 0.15) is 6.04 Å². The largest absolute Gasteiger partial charge is 0.480 e. The Labute approximate surface area is 94.7 Å². The molecule has 1 atom stereocenters. The molecule has 0 saturated heterocycles. The van der Waals surface area contributed by atoms with Gasteiger partial charge in [0.25, 0.3) is 0 Å². The Kier molecular flexibility index (Phi) is 4.49. The molecule has 1 unspecified atom stereocenters. The van der Waals surface area contributed by atoms with Crippen molar-refractivity contribution in [3.8, 4) is 6.07 Å². The first-order valence-corrected chi connectivity index (χ1v) is 5.03. The fourth-order valence-electron chi connectivity index (χ4n) is 1.39. The van der Waals surface area contributed by atoms with E-state index < -0.39 is 12.0 Å². The molecule has 0 aliphatic rings. The monoisotopic (exact) mass is 218 g/mol. The van der Waals surface area contributed by atoms with Crippen molar-refractivity contribution in [2.45, 2.75) is 19.5 Å². The number of hydrogen-bond donors (Lipinski definition) is 1. The van der Waals surface area contributed by atoms with E-state index in [-0.39, 0.29) is 6.54 Å². The summed E-state index contributed by atoms with van der Waals surface area (Å²) < 4.78 is 0. The molecule has 0 bridgehead atoms. The van der Waals surface area contributed by atoms with E-state index in [1.807, 2.05) is 36.4 Å². The van der Waals surface area contributed by atoms with Crippen LogP contribution >= 0.6 is 0 Å². The number of aliphatic carboxylic acids is 1. The number of carbonyl (C=O) groups is 1. The molecule has 4 nitrogen and oxygen atoms in total. The van der Waals surface area contributed by atoms with Crippen LogP contribution in [0.5, 0.6) is 0 Å². The first-order chi connectivity index (χ1) is 7.65. The molecular formula is C12H14N2O2. The molecule has 0 spiro atoms. The van der Waals surface area contributed by atoms with Crippen LogP contribution in [0, 0.1) is 11.3 Å². The van der Waals surface area contributed by atoms with Gasteiger partial charge >= 0.3 is 5.97 Å². The van der Waals surface area contributed by atoms with Crippen molar-refractivity contribution in [1.29, 1.82) is 5.26 Å². The molecule has 0 aliphatic carbocycles. The lowest BCUT2D eigenvalue weighted by atomic mass is 10.2. The van der Waals surface area contributed by atoms with Crippen molar-refractivity contribution in [3.63, 3.8) is 0 Å². The number of carboxylic acids is 1. The summed E-state index contributed by atoms with van der Waals surface area (Å²) in [6.07, 6.45) is 0. The molecule has 0 aromatic heterocycles. The van der Waals surface area contributed by atoms with Gasteiger partial charge in [0, 0.05) is 6.54 Å². The zero-order chi connectivity index (χ0) is 12.0. The van der Waals surface area contributed by atoms with Crippen LogP contribution in [0.4, 0.5) is 0 Å². The molecule has 1 N–H and O–H groups in total. The first kappa shape index (κ1) is 12.2. The predicted octanol–water partition coefficient (Wildman–Crippen LogP) is 1.49. The lowest BCUT2D eigenvalue weighted by molar-refractivity contribution is -0.142. The summed E-state index contributed by atoms with van der Waals surface area (Å²) in [6.45, 7) is 2.17. The fraction of sp³-hybridized carbons (Fsp3) is 0.333. The number of hydrogen-bond acceptors (Lipinski definition) is 3. The van der Waals surface area contributed by atoms with Gasteiger partial charge in [-0.15, -0.1) is 0 Å². The number of nitrogens with zero attached hydrogens (tertiary/aromatic N) is 2. The zero-order valence-electron chi connectivity index (χ0n) is 9.13. The summed E-state index contributed by atoms with van der Waals surface area (Å²) >= 11 is 0. The average Bonchev–Trinajstić information content (AvgIpc) is 2.29. The Morgan fingerprint density at radius 2 is 2.12 bits per heavy atom. The normalized spacial score (nSPS) is 12.1. The summed E-state index contributed by atoms with van der Waals surface area (Å²) in [5.41, 5.74) is 1.01. The van der Waals surface area contributed by atoms with Crippen LogP contribution in [-0.4, -0.2) is 28.6 Å². The molecular weight excluding hydrogens is 204 g/mol. The van der Waals surface area contributed by atoms with Gasteiger partial charge in [0.15, 0.2) is 0 Å². The third kappa shape index (κ3) is 3.37. The molecule has 0 aliphatic heterocycles. The summed E-state index contributed by atoms with van der Waals surface area (Å²) in [4.78, 5) is 12.5. The molecule has 0 radical (unpaired) electrons. The molecule has 0 amide bonds. The summed E-state index contributed by atoms with van der Waals surface area (Å²) in [7, 11) is 0. The van der Waals surface area contributed by atoms with Crippen LogP contribution in [0.25, 0.3) is 0 Å². The van der Waals surface area contributed by atoms with Crippen LogP contribution in [0.2, 0.25) is 0 Å². The Morgan fingerprint density at radius 1 is 1.50 bits per heavy atom. The Balaban J connectivity index is 2.73. The van der Waals surface area contributed by atoms with Crippen LogP contribution in [0.15, 0.2) is 30.3 Å². The third-order valence-corrected chi connectivity index (χ3v) is 2.41. The number of rotatable bonds is 5. The maximum atomic E-state index is 10.9. The number of benzene rings is 1. The maximum Gasteiger partial charge on any atom is 0.320 e. The Morgan fingerprint density at radius 3 is 2.62 bits per heavy atom. The lowest BCUT2D eigenvalue weighted by Crippen LogP contribution is -2.38. The van der Waals surface area contributed by atoms with Crippen molar-refractivity contribution in [2.24, 2.45) is 0 Å². The van der Waals surface area contributed by atoms with E-state index in [1.54, 1.807) is 11.8 Å². The predicted molar refractivity (Wildman–Crippen MR) is 59.6 cm³/mol. The van der Waals surface area contributed by atoms with E-state index in [2.05, 4.69) is 0 Å². The van der Waals surface area contributed by atoms with Gasteiger partial charge in [-0.3, -0.25) is 9.69 Å². The van der Waals surface area contributed by atoms with Gasteiger partial charge in [-0.25, -0.2) is 0 Å². The highest BCUT2D eigenvalue weighted by molar-refractivity contribution is 5.72. The second-order valence-electron chi connectivity index (χ2n) is 3.56. The molecule has 1 aromatic rings. The molecule has 16 heavy (non-hydrogen) atoms. The Hall–Kier alpha value is -1.86. The van der Waals surface area contributed by atoms with E-state index in [0.717, 1.165) is 5.56 Å². The van der Waals surface area contributed by atoms with E-state index in [4.69, 9.17) is 10.4 Å². The molecule has 0 saturated carbocycles. The topological polar surface area (TPSA) is 64.3 Å². The van der Waals surface area contributed by atoms with Crippen molar-refractivity contribution in [1.82, 2.24) is 4.90 Å². The van der Waals surface area contributed by atoms with Crippen molar-refractivity contribution in [2.75, 3.05) is 6.54 Å². The van der Waals surface area contributed by atoms with Gasteiger partial charge in [-0.05, 0) is 12.5 Å². The number of carboxylic acid groups (broad SMARTS) is 1. The minimum absolute atomic E-state index is 0.113. The van der Waals surface area contributed by atoms with Crippen molar-refractivity contribution < 1.29 is 9.90 Å².